The Bertz CT molecular complexity index is 515. The minimum Gasteiger partial charge on any atom is -0.388 e. The Morgan fingerprint density at radius 3 is 2.78 bits per heavy atom. The van der Waals surface area contributed by atoms with E-state index in [9.17, 15) is 5.11 Å². The first kappa shape index (κ1) is 12.8. The van der Waals surface area contributed by atoms with Gasteiger partial charge in [-0.2, -0.15) is 10.2 Å². The van der Waals surface area contributed by atoms with Gasteiger partial charge in [0.1, 0.15) is 0 Å². The highest BCUT2D eigenvalue weighted by Crippen LogP contribution is 2.15. The first-order valence-electron chi connectivity index (χ1n) is 6.36. The van der Waals surface area contributed by atoms with Crippen LogP contribution in [0.15, 0.2) is 18.5 Å². The van der Waals surface area contributed by atoms with Crippen molar-refractivity contribution in [3.05, 3.63) is 35.4 Å². The summed E-state index contributed by atoms with van der Waals surface area (Å²) in [5.74, 6) is 0. The first-order chi connectivity index (χ1) is 8.63. The Hall–Kier alpha value is -1.62. The molecule has 1 unspecified atom stereocenters. The summed E-state index contributed by atoms with van der Waals surface area (Å²) in [5, 5.41) is 18.4. The van der Waals surface area contributed by atoms with E-state index in [2.05, 4.69) is 23.2 Å². The number of nitrogens with zero attached hydrogens (tertiary/aromatic N) is 4. The highest BCUT2D eigenvalue weighted by atomic mass is 16.3. The zero-order valence-electron chi connectivity index (χ0n) is 11.2. The number of aryl methyl sites for hydroxylation is 2. The molecule has 0 amide bonds. The van der Waals surface area contributed by atoms with Gasteiger partial charge in [0.2, 0.25) is 0 Å². The molecule has 1 N–H and O–H groups in total. The van der Waals surface area contributed by atoms with Crippen LogP contribution in [0.1, 0.15) is 43.3 Å². The van der Waals surface area contributed by atoms with Crippen molar-refractivity contribution in [1.29, 1.82) is 0 Å². The van der Waals surface area contributed by atoms with Crippen molar-refractivity contribution in [1.82, 2.24) is 19.6 Å². The van der Waals surface area contributed by atoms with E-state index in [0.717, 1.165) is 23.4 Å². The number of aliphatic hydroxyl groups is 1. The fraction of sp³-hybridized carbons (Fsp3) is 0.538. The summed E-state index contributed by atoms with van der Waals surface area (Å²) in [7, 11) is 1.94. The molecule has 0 aromatic carbocycles. The van der Waals surface area contributed by atoms with E-state index >= 15 is 0 Å². The largest absolute Gasteiger partial charge is 0.388 e. The van der Waals surface area contributed by atoms with Crippen LogP contribution in [-0.4, -0.2) is 24.7 Å². The van der Waals surface area contributed by atoms with Crippen LogP contribution in [-0.2, 0) is 20.0 Å². The van der Waals surface area contributed by atoms with E-state index in [-0.39, 0.29) is 0 Å². The minimum atomic E-state index is -0.420. The Balaban J connectivity index is 2.13. The number of hydrogen-bond donors (Lipinski definition) is 1. The normalized spacial score (nSPS) is 12.9. The molecule has 0 saturated carbocycles. The van der Waals surface area contributed by atoms with Gasteiger partial charge in [-0.15, -0.1) is 0 Å². The molecule has 2 aromatic rings. The van der Waals surface area contributed by atoms with Crippen LogP contribution in [0.4, 0.5) is 0 Å². The first-order valence-corrected chi connectivity index (χ1v) is 6.36. The molecule has 0 aliphatic heterocycles. The third kappa shape index (κ3) is 2.61. The SMILES string of the molecule is CCc1cc(Cn2cc(C(O)CC)cn2)n(C)n1. The van der Waals surface area contributed by atoms with E-state index < -0.39 is 6.10 Å². The predicted octanol–water partition coefficient (Wildman–Crippen LogP) is 1.67. The van der Waals surface area contributed by atoms with Crippen LogP contribution in [0.25, 0.3) is 0 Å². The van der Waals surface area contributed by atoms with Crippen LogP contribution in [0.5, 0.6) is 0 Å². The third-order valence-electron chi connectivity index (χ3n) is 3.14. The van der Waals surface area contributed by atoms with Crippen LogP contribution >= 0.6 is 0 Å². The van der Waals surface area contributed by atoms with Crippen LogP contribution in [0, 0.1) is 0 Å². The standard InChI is InChI=1S/C13H20N4O/c1-4-11-6-12(16(3)15-11)9-17-8-10(7-14-17)13(18)5-2/h6-8,13,18H,4-5,9H2,1-3H3. The van der Waals surface area contributed by atoms with Crippen molar-refractivity contribution in [3.8, 4) is 0 Å². The molecular weight excluding hydrogens is 228 g/mol. The molecule has 0 aliphatic carbocycles. The van der Waals surface area contributed by atoms with Crippen molar-refractivity contribution in [2.75, 3.05) is 0 Å². The second kappa shape index (κ2) is 5.35. The van der Waals surface area contributed by atoms with E-state index in [0.29, 0.717) is 13.0 Å². The lowest BCUT2D eigenvalue weighted by Crippen LogP contribution is -2.05. The zero-order chi connectivity index (χ0) is 13.1. The topological polar surface area (TPSA) is 55.9 Å². The molecule has 98 valence electrons. The maximum atomic E-state index is 9.73. The molecule has 1 atom stereocenters. The van der Waals surface area contributed by atoms with Crippen molar-refractivity contribution < 1.29 is 5.11 Å². The van der Waals surface area contributed by atoms with Crippen LogP contribution < -0.4 is 0 Å². The van der Waals surface area contributed by atoms with E-state index in [1.54, 1.807) is 6.20 Å². The van der Waals surface area contributed by atoms with Gasteiger partial charge in [-0.05, 0) is 18.9 Å². The number of hydrogen-bond acceptors (Lipinski definition) is 3. The van der Waals surface area contributed by atoms with E-state index in [1.165, 1.54) is 0 Å². The molecule has 5 heteroatoms. The Labute approximate surface area is 107 Å². The van der Waals surface area contributed by atoms with E-state index in [1.807, 2.05) is 29.5 Å². The van der Waals surface area contributed by atoms with Crippen molar-refractivity contribution in [3.63, 3.8) is 0 Å². The van der Waals surface area contributed by atoms with E-state index in [4.69, 9.17) is 0 Å². The lowest BCUT2D eigenvalue weighted by molar-refractivity contribution is 0.173. The average Bonchev–Trinajstić information content (AvgIpc) is 2.97. The summed E-state index contributed by atoms with van der Waals surface area (Å²) in [6.07, 6.45) is 4.85. The molecular formula is C13H20N4O. The summed E-state index contributed by atoms with van der Waals surface area (Å²) in [6.45, 7) is 4.73. The maximum Gasteiger partial charge on any atom is 0.0828 e. The molecule has 2 rings (SSSR count). The van der Waals surface area contributed by atoms with Gasteiger partial charge < -0.3 is 5.11 Å². The smallest absolute Gasteiger partial charge is 0.0828 e. The quantitative estimate of drug-likeness (QED) is 0.875. The summed E-state index contributed by atoms with van der Waals surface area (Å²) in [6, 6.07) is 2.09. The number of aromatic nitrogens is 4. The number of rotatable bonds is 5. The van der Waals surface area contributed by atoms with Crippen molar-refractivity contribution in [2.45, 2.75) is 39.3 Å². The van der Waals surface area contributed by atoms with Gasteiger partial charge in [-0.25, -0.2) is 0 Å². The van der Waals surface area contributed by atoms with Gasteiger partial charge in [0, 0.05) is 18.8 Å². The second-order valence-corrected chi connectivity index (χ2v) is 4.50. The van der Waals surface area contributed by atoms with Gasteiger partial charge in [0.05, 0.1) is 30.2 Å². The van der Waals surface area contributed by atoms with Crippen LogP contribution in [0.3, 0.4) is 0 Å². The summed E-state index contributed by atoms with van der Waals surface area (Å²) >= 11 is 0. The zero-order valence-corrected chi connectivity index (χ0v) is 11.2. The van der Waals surface area contributed by atoms with Gasteiger partial charge in [0.25, 0.3) is 0 Å². The fourth-order valence-electron chi connectivity index (χ4n) is 1.93. The third-order valence-corrected chi connectivity index (χ3v) is 3.14. The molecule has 0 bridgehead atoms. The van der Waals surface area contributed by atoms with Crippen LogP contribution in [0.2, 0.25) is 0 Å². The molecule has 5 nitrogen and oxygen atoms in total. The predicted molar refractivity (Wildman–Crippen MR) is 69.2 cm³/mol. The lowest BCUT2D eigenvalue weighted by atomic mass is 10.2. The van der Waals surface area contributed by atoms with Gasteiger partial charge in [0.15, 0.2) is 0 Å². The van der Waals surface area contributed by atoms with Crippen molar-refractivity contribution >= 4 is 0 Å². The molecule has 0 aliphatic rings. The Morgan fingerprint density at radius 1 is 1.39 bits per heavy atom. The summed E-state index contributed by atoms with van der Waals surface area (Å²) < 4.78 is 3.72. The molecule has 0 fully saturated rings. The van der Waals surface area contributed by atoms with Crippen molar-refractivity contribution in [2.24, 2.45) is 7.05 Å². The Morgan fingerprint density at radius 2 is 2.17 bits per heavy atom. The molecule has 0 radical (unpaired) electrons. The summed E-state index contributed by atoms with van der Waals surface area (Å²) in [4.78, 5) is 0. The number of aliphatic hydroxyl groups excluding tert-OH is 1. The molecule has 2 aromatic heterocycles. The average molecular weight is 248 g/mol. The van der Waals surface area contributed by atoms with Gasteiger partial charge in [-0.1, -0.05) is 13.8 Å². The monoisotopic (exact) mass is 248 g/mol. The molecule has 0 spiro atoms. The lowest BCUT2D eigenvalue weighted by Gasteiger charge is -2.03. The summed E-state index contributed by atoms with van der Waals surface area (Å²) in [5.41, 5.74) is 3.08. The second-order valence-electron chi connectivity index (χ2n) is 4.50. The minimum absolute atomic E-state index is 0.420. The Kier molecular flexibility index (Phi) is 3.81. The molecule has 2 heterocycles. The fourth-order valence-corrected chi connectivity index (χ4v) is 1.93. The maximum absolute atomic E-state index is 9.73. The molecule has 0 saturated heterocycles. The highest BCUT2D eigenvalue weighted by molar-refractivity contribution is 5.12. The highest BCUT2D eigenvalue weighted by Gasteiger charge is 2.09. The van der Waals surface area contributed by atoms with Gasteiger partial charge in [-0.3, -0.25) is 9.36 Å². The van der Waals surface area contributed by atoms with Gasteiger partial charge >= 0.3 is 0 Å². The molecule has 18 heavy (non-hydrogen) atoms.